The molecule has 0 saturated heterocycles. The van der Waals surface area contributed by atoms with Gasteiger partial charge in [0.15, 0.2) is 14.1 Å². The number of nitrogens with zero attached hydrogens (tertiary/aromatic N) is 4. The number of nitrogens with two attached hydrogens (primary N) is 2. The van der Waals surface area contributed by atoms with Crippen LogP contribution in [0.15, 0.2) is 24.8 Å². The van der Waals surface area contributed by atoms with Gasteiger partial charge in [0.05, 0.1) is 11.4 Å². The molecule has 2 aromatic heterocycles. The maximum absolute atomic E-state index is 8.52. The van der Waals surface area contributed by atoms with Gasteiger partial charge in [0.1, 0.15) is 22.4 Å². The van der Waals surface area contributed by atoms with E-state index in [0.29, 0.717) is 21.4 Å². The molecule has 0 aliphatic carbocycles. The number of hydrogen-bond acceptors (Lipinski definition) is 8. The van der Waals surface area contributed by atoms with E-state index in [9.17, 15) is 0 Å². The highest BCUT2D eigenvalue weighted by molar-refractivity contribution is 7.79. The zero-order chi connectivity index (χ0) is 18.2. The van der Waals surface area contributed by atoms with Crippen molar-refractivity contribution in [3.63, 3.8) is 0 Å². The average molecular weight is 385 g/mol. The molecule has 128 valence electrons. The molecule has 0 atom stereocenters. The lowest BCUT2D eigenvalue weighted by molar-refractivity contribution is -0.730. The molecule has 0 aliphatic rings. The van der Waals surface area contributed by atoms with E-state index >= 15 is 0 Å². The minimum Gasteiger partial charge on any atom is -0.759 e. The first kappa shape index (κ1) is 21.2. The molecular weight excluding hydrogens is 371 g/mol. The maximum atomic E-state index is 8.52. The number of aryl methyl sites for hydroxylation is 2. The highest BCUT2D eigenvalue weighted by Crippen LogP contribution is 2.12. The number of rotatable bonds is 0. The van der Waals surface area contributed by atoms with Gasteiger partial charge in [0.2, 0.25) is 12.4 Å². The van der Waals surface area contributed by atoms with Gasteiger partial charge in [-0.2, -0.15) is 0 Å². The molecule has 0 unspecified atom stereocenters. The molecule has 0 saturated carbocycles. The summed E-state index contributed by atoms with van der Waals surface area (Å²) in [5, 5.41) is 8.76. The second-order valence-electron chi connectivity index (χ2n) is 3.91. The molecule has 2 heterocycles. The van der Waals surface area contributed by atoms with Crippen LogP contribution >= 0.6 is 23.2 Å². The summed E-state index contributed by atoms with van der Waals surface area (Å²) in [6.07, 6.45) is 6.33. The zero-order valence-electron chi connectivity index (χ0n) is 12.1. The molecular formula is C10H14Cl2N6O4S. The lowest BCUT2D eigenvalue weighted by Gasteiger charge is -2.06. The van der Waals surface area contributed by atoms with Gasteiger partial charge in [0, 0.05) is 10.4 Å². The molecule has 0 amide bonds. The first-order valence-electron chi connectivity index (χ1n) is 5.60. The van der Waals surface area contributed by atoms with Crippen molar-refractivity contribution in [1.82, 2.24) is 10.2 Å². The van der Waals surface area contributed by atoms with Crippen molar-refractivity contribution < 1.29 is 26.9 Å². The molecule has 0 fully saturated rings. The third-order valence-corrected chi connectivity index (χ3v) is 2.54. The molecule has 4 N–H and O–H groups in total. The fourth-order valence-corrected chi connectivity index (χ4v) is 1.35. The van der Waals surface area contributed by atoms with Gasteiger partial charge in [-0.25, -0.2) is 0 Å². The van der Waals surface area contributed by atoms with Crippen molar-refractivity contribution in [2.24, 2.45) is 14.1 Å². The largest absolute Gasteiger partial charge is 0.759 e. The Morgan fingerprint density at radius 3 is 1.39 bits per heavy atom. The van der Waals surface area contributed by atoms with Crippen LogP contribution in [0.4, 0.5) is 11.4 Å². The van der Waals surface area contributed by atoms with Crippen molar-refractivity contribution in [2.45, 2.75) is 0 Å². The SMILES string of the molecule is C[n+]1cc(Cl)c(N)cn1.C[n+]1cc(Cl)c(N)cn1.O=S(=O)([O-])[O-]. The van der Waals surface area contributed by atoms with Gasteiger partial charge in [0.25, 0.3) is 0 Å². The van der Waals surface area contributed by atoms with Crippen LogP contribution in [-0.2, 0) is 24.5 Å². The second-order valence-corrected chi connectivity index (χ2v) is 5.54. The van der Waals surface area contributed by atoms with Crippen LogP contribution < -0.4 is 20.8 Å². The van der Waals surface area contributed by atoms with Crippen molar-refractivity contribution >= 4 is 45.0 Å². The van der Waals surface area contributed by atoms with Crippen LogP contribution in [0.3, 0.4) is 0 Å². The molecule has 10 nitrogen and oxygen atoms in total. The van der Waals surface area contributed by atoms with Gasteiger partial charge < -0.3 is 20.6 Å². The summed E-state index contributed by atoms with van der Waals surface area (Å²) in [5.74, 6) is 0. The first-order valence-corrected chi connectivity index (χ1v) is 7.69. The molecule has 0 bridgehead atoms. The molecule has 2 rings (SSSR count). The van der Waals surface area contributed by atoms with E-state index in [1.54, 1.807) is 35.9 Å². The third-order valence-electron chi connectivity index (χ3n) is 1.91. The second kappa shape index (κ2) is 9.37. The van der Waals surface area contributed by atoms with Crippen LogP contribution in [0.1, 0.15) is 0 Å². The maximum Gasteiger partial charge on any atom is 0.216 e. The average Bonchev–Trinajstić information content (AvgIpc) is 2.38. The summed E-state index contributed by atoms with van der Waals surface area (Å²) < 4.78 is 37.3. The Hall–Kier alpha value is -1.79. The lowest BCUT2D eigenvalue weighted by Crippen LogP contribution is -2.31. The molecule has 0 spiro atoms. The Morgan fingerprint density at radius 2 is 1.22 bits per heavy atom. The van der Waals surface area contributed by atoms with E-state index in [0.717, 1.165) is 0 Å². The van der Waals surface area contributed by atoms with Crippen LogP contribution in [0, 0.1) is 0 Å². The molecule has 13 heteroatoms. The molecule has 23 heavy (non-hydrogen) atoms. The summed E-state index contributed by atoms with van der Waals surface area (Å²) in [5.41, 5.74) is 11.8. The minimum absolute atomic E-state index is 0.509. The zero-order valence-corrected chi connectivity index (χ0v) is 14.4. The van der Waals surface area contributed by atoms with E-state index in [1.807, 2.05) is 0 Å². The number of hydrogen-bond donors (Lipinski definition) is 2. The van der Waals surface area contributed by atoms with Gasteiger partial charge in [-0.3, -0.25) is 8.42 Å². The van der Waals surface area contributed by atoms with Gasteiger partial charge >= 0.3 is 0 Å². The van der Waals surface area contributed by atoms with Crippen molar-refractivity contribution in [2.75, 3.05) is 11.5 Å². The van der Waals surface area contributed by atoms with Crippen LogP contribution in [0.25, 0.3) is 0 Å². The predicted octanol–water partition coefficient (Wildman–Crippen LogP) is -1.05. The van der Waals surface area contributed by atoms with Crippen LogP contribution in [0.2, 0.25) is 10.0 Å². The van der Waals surface area contributed by atoms with E-state index in [1.165, 1.54) is 12.4 Å². The lowest BCUT2D eigenvalue weighted by atomic mass is 10.5. The number of aromatic nitrogens is 4. The van der Waals surface area contributed by atoms with Gasteiger partial charge in [-0.05, 0) is 10.2 Å². The van der Waals surface area contributed by atoms with E-state index < -0.39 is 10.4 Å². The summed E-state index contributed by atoms with van der Waals surface area (Å²) >= 11 is 11.3. The van der Waals surface area contributed by atoms with E-state index in [2.05, 4.69) is 10.2 Å². The van der Waals surface area contributed by atoms with Crippen LogP contribution in [0.5, 0.6) is 0 Å². The summed E-state index contributed by atoms with van der Waals surface area (Å²) in [6.45, 7) is 0. The Kier molecular flexibility index (Phi) is 8.64. The fourth-order valence-electron chi connectivity index (χ4n) is 0.974. The third kappa shape index (κ3) is 11.4. The molecule has 0 aromatic carbocycles. The Morgan fingerprint density at radius 1 is 0.957 bits per heavy atom. The van der Waals surface area contributed by atoms with E-state index in [-0.39, 0.29) is 0 Å². The normalized spacial score (nSPS) is 10.0. The smallest absolute Gasteiger partial charge is 0.216 e. The van der Waals surface area contributed by atoms with Gasteiger partial charge in [-0.1, -0.05) is 32.6 Å². The standard InChI is InChI=1S/2C5H6ClN3.H2O4S/c2*1-9-3-4(6)5(7)2-8-9;1-5(2,3)4/h2*2-3,7H,1H3;(H2,1,2,3,4). The Labute approximate surface area is 142 Å². The summed E-state index contributed by atoms with van der Waals surface area (Å²) in [7, 11) is -1.60. The monoisotopic (exact) mass is 384 g/mol. The number of nitrogen functional groups attached to an aromatic ring is 2. The van der Waals surface area contributed by atoms with Crippen molar-refractivity contribution in [3.05, 3.63) is 34.8 Å². The Bertz CT molecular complexity index is 702. The highest BCUT2D eigenvalue weighted by atomic mass is 35.5. The summed E-state index contributed by atoms with van der Waals surface area (Å²) in [4.78, 5) is 0. The molecule has 2 aromatic rings. The minimum atomic E-state index is -5.17. The molecule has 0 aliphatic heterocycles. The van der Waals surface area contributed by atoms with Crippen molar-refractivity contribution in [1.29, 1.82) is 0 Å². The highest BCUT2D eigenvalue weighted by Gasteiger charge is 2.00. The number of halogens is 2. The quantitative estimate of drug-likeness (QED) is 0.329. The predicted molar refractivity (Wildman–Crippen MR) is 80.1 cm³/mol. The van der Waals surface area contributed by atoms with E-state index in [4.69, 9.17) is 52.2 Å². The summed E-state index contributed by atoms with van der Waals surface area (Å²) in [6, 6.07) is 0. The first-order chi connectivity index (χ1) is 10.4. The number of anilines is 2. The Balaban J connectivity index is 0.000000332. The molecule has 0 radical (unpaired) electrons. The van der Waals surface area contributed by atoms with Gasteiger partial charge in [-0.15, -0.1) is 0 Å². The van der Waals surface area contributed by atoms with Crippen LogP contribution in [-0.4, -0.2) is 27.7 Å². The van der Waals surface area contributed by atoms with Crippen molar-refractivity contribution in [3.8, 4) is 0 Å². The topological polar surface area (TPSA) is 166 Å². The fraction of sp³-hybridized carbons (Fsp3) is 0.200.